The maximum atomic E-state index is 11.6. The van der Waals surface area contributed by atoms with E-state index in [1.54, 1.807) is 12.2 Å². The van der Waals surface area contributed by atoms with Crippen molar-refractivity contribution < 1.29 is 4.79 Å². The summed E-state index contributed by atoms with van der Waals surface area (Å²) in [5.41, 5.74) is 3.55. The van der Waals surface area contributed by atoms with Crippen LogP contribution in [0.25, 0.3) is 0 Å². The maximum Gasteiger partial charge on any atom is 0.259 e. The average Bonchev–Trinajstić information content (AvgIpc) is 2.99. The van der Waals surface area contributed by atoms with Crippen molar-refractivity contribution >= 4 is 18.5 Å². The van der Waals surface area contributed by atoms with Crippen LogP contribution in [0.2, 0.25) is 0 Å². The fourth-order valence-electron chi connectivity index (χ4n) is 2.24. The van der Waals surface area contributed by atoms with E-state index in [0.29, 0.717) is 5.57 Å². The Balaban J connectivity index is 1.82. The van der Waals surface area contributed by atoms with Gasteiger partial charge in [-0.15, -0.1) is 5.73 Å². The molecule has 1 amide bonds. The molecule has 3 heteroatoms. The van der Waals surface area contributed by atoms with Gasteiger partial charge >= 0.3 is 0 Å². The summed E-state index contributed by atoms with van der Waals surface area (Å²) in [7, 11) is 0. The fourth-order valence-corrected chi connectivity index (χ4v) is 2.47. The standard InChI is InChI=1S/C17H27NOS/c19-17(16-12-8-9-13-16)18-14-10-6-4-2-1-3-5-7-11-15-20/h8-9,12,20H,1-7,10-11,14-15H2,(H,18,19). The zero-order chi connectivity index (χ0) is 14.5. The van der Waals surface area contributed by atoms with Crippen LogP contribution in [0.4, 0.5) is 0 Å². The van der Waals surface area contributed by atoms with Crippen molar-refractivity contribution in [2.75, 3.05) is 12.3 Å². The van der Waals surface area contributed by atoms with E-state index in [1.807, 2.05) is 6.08 Å². The highest BCUT2D eigenvalue weighted by atomic mass is 32.1. The van der Waals surface area contributed by atoms with E-state index < -0.39 is 0 Å². The van der Waals surface area contributed by atoms with Crippen LogP contribution >= 0.6 is 12.6 Å². The minimum absolute atomic E-state index is 0.000751. The van der Waals surface area contributed by atoms with Crippen molar-refractivity contribution in [3.8, 4) is 0 Å². The van der Waals surface area contributed by atoms with Crippen LogP contribution in [0.5, 0.6) is 0 Å². The summed E-state index contributed by atoms with van der Waals surface area (Å²) in [6.45, 7) is 0.778. The van der Waals surface area contributed by atoms with E-state index in [2.05, 4.69) is 23.7 Å². The van der Waals surface area contributed by atoms with Gasteiger partial charge in [-0.05, 0) is 30.7 Å². The van der Waals surface area contributed by atoms with Gasteiger partial charge in [-0.1, -0.05) is 51.0 Å². The van der Waals surface area contributed by atoms with Crippen LogP contribution in [0.1, 0.15) is 57.8 Å². The van der Waals surface area contributed by atoms with Gasteiger partial charge in [0.2, 0.25) is 0 Å². The monoisotopic (exact) mass is 293 g/mol. The van der Waals surface area contributed by atoms with Crippen LogP contribution in [-0.4, -0.2) is 18.2 Å². The number of allylic oxidation sites excluding steroid dienone is 1. The molecule has 1 rings (SSSR count). The lowest BCUT2D eigenvalue weighted by Crippen LogP contribution is -2.24. The lowest BCUT2D eigenvalue weighted by Gasteiger charge is -2.04. The van der Waals surface area contributed by atoms with E-state index in [4.69, 9.17) is 0 Å². The molecular weight excluding hydrogens is 266 g/mol. The van der Waals surface area contributed by atoms with E-state index in [0.717, 1.165) is 18.7 Å². The second-order valence-corrected chi connectivity index (χ2v) is 5.69. The number of unbranched alkanes of at least 4 members (excludes halogenated alkanes) is 8. The third kappa shape index (κ3) is 8.29. The summed E-state index contributed by atoms with van der Waals surface area (Å²) < 4.78 is 0. The van der Waals surface area contributed by atoms with Crippen molar-refractivity contribution in [1.29, 1.82) is 0 Å². The Hall–Kier alpha value is -0.920. The molecule has 20 heavy (non-hydrogen) atoms. The molecule has 0 bridgehead atoms. The molecule has 0 aromatic rings. The first kappa shape index (κ1) is 17.1. The molecule has 2 nitrogen and oxygen atoms in total. The lowest BCUT2D eigenvalue weighted by atomic mass is 10.1. The molecule has 0 saturated heterocycles. The summed E-state index contributed by atoms with van der Waals surface area (Å²) in [6.07, 6.45) is 16.9. The minimum Gasteiger partial charge on any atom is -0.352 e. The van der Waals surface area contributed by atoms with Gasteiger partial charge < -0.3 is 5.32 Å². The highest BCUT2D eigenvalue weighted by Gasteiger charge is 2.05. The highest BCUT2D eigenvalue weighted by molar-refractivity contribution is 7.80. The summed E-state index contributed by atoms with van der Waals surface area (Å²) >= 11 is 4.21. The maximum absolute atomic E-state index is 11.6. The number of hydrogen-bond donors (Lipinski definition) is 2. The molecule has 0 saturated carbocycles. The normalized spacial score (nSPS) is 12.8. The molecule has 1 N–H and O–H groups in total. The van der Waals surface area contributed by atoms with Crippen LogP contribution in [0.15, 0.2) is 29.5 Å². The Bertz CT molecular complexity index is 367. The third-order valence-corrected chi connectivity index (χ3v) is 3.78. The highest BCUT2D eigenvalue weighted by Crippen LogP contribution is 2.09. The first-order valence-corrected chi connectivity index (χ1v) is 8.50. The minimum atomic E-state index is -0.000751. The lowest BCUT2D eigenvalue weighted by molar-refractivity contribution is -0.117. The largest absolute Gasteiger partial charge is 0.352 e. The van der Waals surface area contributed by atoms with Crippen LogP contribution < -0.4 is 5.32 Å². The molecule has 0 aliphatic heterocycles. The predicted molar refractivity (Wildman–Crippen MR) is 89.2 cm³/mol. The Labute approximate surface area is 128 Å². The molecule has 0 unspecified atom stereocenters. The van der Waals surface area contributed by atoms with E-state index >= 15 is 0 Å². The van der Waals surface area contributed by atoms with E-state index in [-0.39, 0.29) is 5.91 Å². The number of carbonyl (C=O) groups excluding carboxylic acids is 1. The molecule has 0 aromatic carbocycles. The van der Waals surface area contributed by atoms with Gasteiger partial charge in [0.25, 0.3) is 5.91 Å². The molecule has 112 valence electrons. The Morgan fingerprint density at radius 2 is 1.60 bits per heavy atom. The SMILES string of the molecule is O=C(NCCCCCCCCCCCS)C1=C=CC=C1. The Morgan fingerprint density at radius 3 is 2.15 bits per heavy atom. The van der Waals surface area contributed by atoms with Gasteiger partial charge in [0.15, 0.2) is 0 Å². The molecule has 0 fully saturated rings. The van der Waals surface area contributed by atoms with Crippen LogP contribution in [0, 0.1) is 0 Å². The number of carbonyl (C=O) groups is 1. The molecule has 0 aromatic heterocycles. The molecule has 0 heterocycles. The summed E-state index contributed by atoms with van der Waals surface area (Å²) in [6, 6.07) is 0. The van der Waals surface area contributed by atoms with E-state index in [9.17, 15) is 4.79 Å². The predicted octanol–water partition coefficient (Wildman–Crippen LogP) is 4.19. The third-order valence-electron chi connectivity index (χ3n) is 3.46. The number of hydrogen-bond acceptors (Lipinski definition) is 2. The number of rotatable bonds is 12. The van der Waals surface area contributed by atoms with Crippen LogP contribution in [0.3, 0.4) is 0 Å². The fraction of sp³-hybridized carbons (Fsp3) is 0.647. The summed E-state index contributed by atoms with van der Waals surface area (Å²) in [5, 5.41) is 2.93. The molecule has 0 radical (unpaired) electrons. The van der Waals surface area contributed by atoms with Crippen LogP contribution in [-0.2, 0) is 4.79 Å². The van der Waals surface area contributed by atoms with E-state index in [1.165, 1.54) is 51.4 Å². The first-order chi connectivity index (χ1) is 9.84. The smallest absolute Gasteiger partial charge is 0.259 e. The number of thiol groups is 1. The molecule has 0 atom stereocenters. The van der Waals surface area contributed by atoms with Gasteiger partial charge in [0.05, 0.1) is 5.57 Å². The summed E-state index contributed by atoms with van der Waals surface area (Å²) in [5.74, 6) is 1.02. The second-order valence-electron chi connectivity index (χ2n) is 5.25. The van der Waals surface area contributed by atoms with Crippen molar-refractivity contribution in [1.82, 2.24) is 5.32 Å². The van der Waals surface area contributed by atoms with Gasteiger partial charge in [0, 0.05) is 6.54 Å². The molecule has 1 aliphatic rings. The molecule has 1 aliphatic carbocycles. The van der Waals surface area contributed by atoms with Gasteiger partial charge in [-0.3, -0.25) is 4.79 Å². The Kier molecular flexibility index (Phi) is 10.2. The van der Waals surface area contributed by atoms with Crippen molar-refractivity contribution in [3.63, 3.8) is 0 Å². The van der Waals surface area contributed by atoms with Crippen molar-refractivity contribution in [2.45, 2.75) is 57.8 Å². The van der Waals surface area contributed by atoms with Crippen molar-refractivity contribution in [2.24, 2.45) is 0 Å². The average molecular weight is 293 g/mol. The first-order valence-electron chi connectivity index (χ1n) is 7.87. The van der Waals surface area contributed by atoms with Gasteiger partial charge in [-0.2, -0.15) is 12.6 Å². The number of amides is 1. The van der Waals surface area contributed by atoms with Gasteiger partial charge in [0.1, 0.15) is 0 Å². The second kappa shape index (κ2) is 11.9. The van der Waals surface area contributed by atoms with Crippen molar-refractivity contribution in [3.05, 3.63) is 29.5 Å². The van der Waals surface area contributed by atoms with Gasteiger partial charge in [-0.25, -0.2) is 0 Å². The quantitative estimate of drug-likeness (QED) is 0.315. The zero-order valence-corrected chi connectivity index (χ0v) is 13.3. The Morgan fingerprint density at radius 1 is 1.00 bits per heavy atom. The number of nitrogens with one attached hydrogen (secondary N) is 1. The zero-order valence-electron chi connectivity index (χ0n) is 12.4. The summed E-state index contributed by atoms with van der Waals surface area (Å²) in [4.78, 5) is 11.6. The topological polar surface area (TPSA) is 29.1 Å². The molecular formula is C17H27NOS. The molecule has 0 spiro atoms.